The molecule has 9 heteroatoms. The molecule has 1 amide bonds. The van der Waals surface area contributed by atoms with Crippen molar-refractivity contribution in [2.24, 2.45) is 5.92 Å². The number of benzene rings is 4. The zero-order chi connectivity index (χ0) is 33.8. The molecule has 9 nitrogen and oxygen atoms in total. The first-order chi connectivity index (χ1) is 22.5. The predicted octanol–water partition coefficient (Wildman–Crippen LogP) is 7.40. The molecule has 0 bridgehead atoms. The van der Waals surface area contributed by atoms with Gasteiger partial charge in [-0.15, -0.1) is 0 Å². The topological polar surface area (TPSA) is 120 Å². The minimum Gasteiger partial charge on any atom is -0.485 e. The summed E-state index contributed by atoms with van der Waals surface area (Å²) in [6.07, 6.45) is -0.883. The first-order valence-electron chi connectivity index (χ1n) is 15.4. The maximum atomic E-state index is 12.9. The monoisotopic (exact) mass is 639 g/mol. The molecule has 246 valence electrons. The van der Waals surface area contributed by atoms with Crippen molar-refractivity contribution >= 4 is 18.0 Å². The lowest BCUT2D eigenvalue weighted by Crippen LogP contribution is -2.48. The standard InChI is InChI=1S/C38H41NO8/c1-26(23-46-36(42)29-18-12-7-13-19-29)33(34(35(40)41)39-37(43)47-38(2,3)4)30-20-21-31(44-24-27-14-8-5-9-15-27)32(22-30)45-25-28-16-10-6-11-17-28/h5-22,26,33-34H,23-25H2,1-4H3,(H,39,43)(H,40,41)/t26?,33?,34-/m0/s1. The number of hydrogen-bond acceptors (Lipinski definition) is 7. The molecule has 4 aromatic carbocycles. The first kappa shape index (κ1) is 34.6. The average molecular weight is 640 g/mol. The number of ether oxygens (including phenoxy) is 4. The molecule has 0 aromatic heterocycles. The Morgan fingerprint density at radius 1 is 0.745 bits per heavy atom. The Labute approximate surface area is 275 Å². The molecule has 0 fully saturated rings. The normalized spacial score (nSPS) is 13.0. The van der Waals surface area contributed by atoms with Crippen molar-refractivity contribution in [3.8, 4) is 11.5 Å². The summed E-state index contributed by atoms with van der Waals surface area (Å²) < 4.78 is 23.4. The Morgan fingerprint density at radius 3 is 1.81 bits per heavy atom. The molecule has 3 atom stereocenters. The van der Waals surface area contributed by atoms with Crippen LogP contribution in [0.5, 0.6) is 11.5 Å². The summed E-state index contributed by atoms with van der Waals surface area (Å²) in [4.78, 5) is 38.4. The molecule has 0 saturated carbocycles. The van der Waals surface area contributed by atoms with Gasteiger partial charge in [0.1, 0.15) is 24.9 Å². The lowest BCUT2D eigenvalue weighted by atomic mass is 9.81. The number of rotatable bonds is 14. The second-order valence-electron chi connectivity index (χ2n) is 12.2. The van der Waals surface area contributed by atoms with Gasteiger partial charge in [-0.2, -0.15) is 0 Å². The molecule has 0 aliphatic carbocycles. The second-order valence-corrected chi connectivity index (χ2v) is 12.2. The molecule has 0 saturated heterocycles. The molecular formula is C38H41NO8. The van der Waals surface area contributed by atoms with Crippen LogP contribution in [0.4, 0.5) is 4.79 Å². The van der Waals surface area contributed by atoms with Gasteiger partial charge in [-0.05, 0) is 67.6 Å². The van der Waals surface area contributed by atoms with E-state index in [9.17, 15) is 19.5 Å². The number of amides is 1. The van der Waals surface area contributed by atoms with E-state index in [1.54, 1.807) is 76.2 Å². The van der Waals surface area contributed by atoms with Crippen LogP contribution in [0, 0.1) is 5.92 Å². The molecule has 0 heterocycles. The number of carbonyl (C=O) groups excluding carboxylic acids is 2. The van der Waals surface area contributed by atoms with Crippen molar-refractivity contribution in [3.05, 3.63) is 131 Å². The third-order valence-electron chi connectivity index (χ3n) is 7.22. The van der Waals surface area contributed by atoms with Gasteiger partial charge in [0.2, 0.25) is 0 Å². The van der Waals surface area contributed by atoms with E-state index in [4.69, 9.17) is 18.9 Å². The van der Waals surface area contributed by atoms with Crippen molar-refractivity contribution in [1.82, 2.24) is 5.32 Å². The number of carbonyl (C=O) groups is 3. The van der Waals surface area contributed by atoms with Crippen LogP contribution in [-0.2, 0) is 27.5 Å². The highest BCUT2D eigenvalue weighted by Crippen LogP contribution is 2.37. The first-order valence-corrected chi connectivity index (χ1v) is 15.4. The smallest absolute Gasteiger partial charge is 0.408 e. The van der Waals surface area contributed by atoms with E-state index >= 15 is 0 Å². The molecule has 4 aromatic rings. The fourth-order valence-corrected chi connectivity index (χ4v) is 4.99. The van der Waals surface area contributed by atoms with Crippen molar-refractivity contribution in [2.45, 2.75) is 58.5 Å². The lowest BCUT2D eigenvalue weighted by Gasteiger charge is -2.31. The van der Waals surface area contributed by atoms with Crippen LogP contribution in [0.15, 0.2) is 109 Å². The Balaban J connectivity index is 1.68. The molecule has 0 aliphatic heterocycles. The van der Waals surface area contributed by atoms with Crippen LogP contribution in [0.25, 0.3) is 0 Å². The molecular weight excluding hydrogens is 598 g/mol. The number of alkyl carbamates (subject to hydrolysis) is 1. The minimum atomic E-state index is -1.44. The quantitative estimate of drug-likeness (QED) is 0.137. The van der Waals surface area contributed by atoms with Gasteiger partial charge >= 0.3 is 18.0 Å². The van der Waals surface area contributed by atoms with E-state index in [0.717, 1.165) is 11.1 Å². The summed E-state index contributed by atoms with van der Waals surface area (Å²) in [5, 5.41) is 12.9. The number of carboxylic acids is 1. The van der Waals surface area contributed by atoms with Crippen LogP contribution in [0.3, 0.4) is 0 Å². The van der Waals surface area contributed by atoms with E-state index in [0.29, 0.717) is 22.6 Å². The average Bonchev–Trinajstić information content (AvgIpc) is 3.05. The van der Waals surface area contributed by atoms with Gasteiger partial charge in [-0.1, -0.05) is 91.9 Å². The van der Waals surface area contributed by atoms with Crippen LogP contribution >= 0.6 is 0 Å². The molecule has 0 aliphatic rings. The third-order valence-corrected chi connectivity index (χ3v) is 7.22. The predicted molar refractivity (Wildman–Crippen MR) is 177 cm³/mol. The molecule has 4 rings (SSSR count). The van der Waals surface area contributed by atoms with Crippen molar-refractivity contribution < 1.29 is 38.4 Å². The van der Waals surface area contributed by atoms with Gasteiger partial charge < -0.3 is 29.4 Å². The fraction of sp³-hybridized carbons (Fsp3) is 0.289. The van der Waals surface area contributed by atoms with Crippen LogP contribution in [0.1, 0.15) is 60.7 Å². The van der Waals surface area contributed by atoms with Crippen molar-refractivity contribution in [3.63, 3.8) is 0 Å². The number of esters is 1. The fourth-order valence-electron chi connectivity index (χ4n) is 4.99. The van der Waals surface area contributed by atoms with Gasteiger partial charge in [0.05, 0.1) is 12.2 Å². The van der Waals surface area contributed by atoms with Gasteiger partial charge in [0, 0.05) is 5.92 Å². The van der Waals surface area contributed by atoms with Gasteiger partial charge in [0.15, 0.2) is 11.5 Å². The van der Waals surface area contributed by atoms with Crippen molar-refractivity contribution in [1.29, 1.82) is 0 Å². The molecule has 0 spiro atoms. The summed E-state index contributed by atoms with van der Waals surface area (Å²) in [6, 6.07) is 31.6. The van der Waals surface area contributed by atoms with Crippen LogP contribution in [0.2, 0.25) is 0 Å². The van der Waals surface area contributed by atoms with E-state index in [1.165, 1.54) is 0 Å². The molecule has 2 N–H and O–H groups in total. The number of hydrogen-bond donors (Lipinski definition) is 2. The summed E-state index contributed by atoms with van der Waals surface area (Å²) in [7, 11) is 0. The Kier molecular flexibility index (Phi) is 12.0. The Morgan fingerprint density at radius 2 is 1.28 bits per heavy atom. The van der Waals surface area contributed by atoms with Gasteiger partial charge in [-0.25, -0.2) is 14.4 Å². The highest BCUT2D eigenvalue weighted by Gasteiger charge is 2.37. The number of aliphatic carboxylic acids is 1. The third kappa shape index (κ3) is 10.6. The maximum Gasteiger partial charge on any atom is 0.408 e. The lowest BCUT2D eigenvalue weighted by molar-refractivity contribution is -0.140. The largest absolute Gasteiger partial charge is 0.485 e. The zero-order valence-electron chi connectivity index (χ0n) is 27.1. The van der Waals surface area contributed by atoms with Gasteiger partial charge in [0.25, 0.3) is 0 Å². The van der Waals surface area contributed by atoms with Crippen LogP contribution < -0.4 is 14.8 Å². The molecule has 47 heavy (non-hydrogen) atoms. The Hall–Kier alpha value is -5.31. The Bertz CT molecular complexity index is 1600. The number of nitrogens with one attached hydrogen (secondary N) is 1. The minimum absolute atomic E-state index is 0.120. The maximum absolute atomic E-state index is 12.9. The zero-order valence-corrected chi connectivity index (χ0v) is 27.1. The van der Waals surface area contributed by atoms with E-state index in [-0.39, 0.29) is 19.8 Å². The number of carboxylic acid groups (broad SMARTS) is 1. The van der Waals surface area contributed by atoms with E-state index in [2.05, 4.69) is 5.32 Å². The highest BCUT2D eigenvalue weighted by atomic mass is 16.6. The van der Waals surface area contributed by atoms with Gasteiger partial charge in [-0.3, -0.25) is 0 Å². The summed E-state index contributed by atoms with van der Waals surface area (Å²) in [5.41, 5.74) is 1.95. The van der Waals surface area contributed by atoms with Crippen LogP contribution in [-0.4, -0.2) is 41.4 Å². The highest BCUT2D eigenvalue weighted by molar-refractivity contribution is 5.89. The van der Waals surface area contributed by atoms with Crippen molar-refractivity contribution in [2.75, 3.05) is 6.61 Å². The summed E-state index contributed by atoms with van der Waals surface area (Å²) in [6.45, 7) is 7.24. The van der Waals surface area contributed by atoms with E-state index < -0.39 is 41.5 Å². The SMILES string of the molecule is CC(COC(=O)c1ccccc1)C(c1ccc(OCc2ccccc2)c(OCc2ccccc2)c1)[C@H](NC(=O)OC(C)(C)C)C(=O)O. The molecule has 2 unspecified atom stereocenters. The summed E-state index contributed by atoms with van der Waals surface area (Å²) >= 11 is 0. The second kappa shape index (κ2) is 16.3. The molecule has 0 radical (unpaired) electrons. The summed E-state index contributed by atoms with van der Waals surface area (Å²) in [5.74, 6) is -2.41. The van der Waals surface area contributed by atoms with E-state index in [1.807, 2.05) is 60.7 Å².